The Hall–Kier alpha value is -2.96. The van der Waals surface area contributed by atoms with E-state index in [1.165, 1.54) is 24.0 Å². The van der Waals surface area contributed by atoms with Crippen LogP contribution < -0.4 is 10.2 Å². The first-order valence-electron chi connectivity index (χ1n) is 11.3. The zero-order chi connectivity index (χ0) is 21.5. The minimum absolute atomic E-state index is 0.00596. The highest BCUT2D eigenvalue weighted by Crippen LogP contribution is 2.40. The van der Waals surface area contributed by atoms with Gasteiger partial charge in [-0.1, -0.05) is 6.07 Å². The van der Waals surface area contributed by atoms with Gasteiger partial charge in [-0.25, -0.2) is 4.98 Å². The van der Waals surface area contributed by atoms with Gasteiger partial charge in [0.05, 0.1) is 17.2 Å². The fourth-order valence-electron chi connectivity index (χ4n) is 4.79. The molecule has 0 spiro atoms. The Morgan fingerprint density at radius 1 is 1.00 bits per heavy atom. The van der Waals surface area contributed by atoms with E-state index >= 15 is 0 Å². The van der Waals surface area contributed by atoms with Crippen LogP contribution in [0.25, 0.3) is 0 Å². The summed E-state index contributed by atoms with van der Waals surface area (Å²) in [6.07, 6.45) is 6.98. The number of carbonyl (C=O) groups excluding carboxylic acids is 2. The summed E-state index contributed by atoms with van der Waals surface area (Å²) in [4.78, 5) is 38.4. The van der Waals surface area contributed by atoms with Crippen LogP contribution in [0.4, 0.5) is 5.82 Å². The SMILES string of the molecule is Cc1cc(C(=O)N2CCN(c3ncc(C4CC4)cc3C)CC2)cnc1C1CCNC1=O. The van der Waals surface area contributed by atoms with Gasteiger partial charge in [0, 0.05) is 45.1 Å². The van der Waals surface area contributed by atoms with Crippen molar-refractivity contribution >= 4 is 17.6 Å². The summed E-state index contributed by atoms with van der Waals surface area (Å²) in [5.74, 6) is 1.58. The van der Waals surface area contributed by atoms with Gasteiger partial charge in [0.1, 0.15) is 5.82 Å². The van der Waals surface area contributed by atoms with Crippen molar-refractivity contribution in [2.24, 2.45) is 0 Å². The van der Waals surface area contributed by atoms with Crippen LogP contribution >= 0.6 is 0 Å². The number of pyridine rings is 2. The predicted octanol–water partition coefficient (Wildman–Crippen LogP) is 2.54. The van der Waals surface area contributed by atoms with E-state index < -0.39 is 0 Å². The summed E-state index contributed by atoms with van der Waals surface area (Å²) in [6.45, 7) is 7.62. The number of hydrogen-bond donors (Lipinski definition) is 1. The van der Waals surface area contributed by atoms with Crippen LogP contribution in [-0.4, -0.2) is 59.4 Å². The lowest BCUT2D eigenvalue weighted by molar-refractivity contribution is -0.120. The monoisotopic (exact) mass is 419 g/mol. The molecule has 2 amide bonds. The molecule has 7 nitrogen and oxygen atoms in total. The maximum Gasteiger partial charge on any atom is 0.255 e. The molecule has 2 saturated heterocycles. The molecule has 5 rings (SSSR count). The molecular formula is C24H29N5O2. The number of rotatable bonds is 4. The number of amides is 2. The first-order valence-corrected chi connectivity index (χ1v) is 11.3. The first-order chi connectivity index (χ1) is 15.0. The van der Waals surface area contributed by atoms with Crippen molar-refractivity contribution in [1.82, 2.24) is 20.2 Å². The highest BCUT2D eigenvalue weighted by atomic mass is 16.2. The van der Waals surface area contributed by atoms with E-state index in [4.69, 9.17) is 4.98 Å². The number of anilines is 1. The van der Waals surface area contributed by atoms with E-state index in [2.05, 4.69) is 28.2 Å². The molecule has 31 heavy (non-hydrogen) atoms. The Balaban J connectivity index is 1.24. The highest BCUT2D eigenvalue weighted by molar-refractivity contribution is 5.94. The van der Waals surface area contributed by atoms with E-state index in [1.807, 2.05) is 24.1 Å². The largest absolute Gasteiger partial charge is 0.355 e. The van der Waals surface area contributed by atoms with Gasteiger partial charge in [0.25, 0.3) is 5.91 Å². The summed E-state index contributed by atoms with van der Waals surface area (Å²) in [5.41, 5.74) is 4.86. The molecule has 2 aromatic heterocycles. The van der Waals surface area contributed by atoms with Gasteiger partial charge in [-0.05, 0) is 61.8 Å². The second-order valence-corrected chi connectivity index (χ2v) is 9.02. The highest BCUT2D eigenvalue weighted by Gasteiger charge is 2.30. The molecule has 0 aromatic carbocycles. The molecule has 2 aromatic rings. The fourth-order valence-corrected chi connectivity index (χ4v) is 4.79. The van der Waals surface area contributed by atoms with E-state index in [1.54, 1.807) is 6.20 Å². The Labute approximate surface area is 182 Å². The third kappa shape index (κ3) is 3.89. The molecule has 0 bridgehead atoms. The van der Waals surface area contributed by atoms with E-state index in [-0.39, 0.29) is 17.7 Å². The minimum atomic E-state index is -0.199. The molecule has 1 atom stereocenters. The Morgan fingerprint density at radius 3 is 2.39 bits per heavy atom. The van der Waals surface area contributed by atoms with Crippen molar-refractivity contribution in [1.29, 1.82) is 0 Å². The second kappa shape index (κ2) is 7.94. The van der Waals surface area contributed by atoms with Gasteiger partial charge in [-0.2, -0.15) is 0 Å². The Kier molecular flexibility index (Phi) is 5.12. The molecule has 1 unspecified atom stereocenters. The quantitative estimate of drug-likeness (QED) is 0.824. The molecule has 1 saturated carbocycles. The van der Waals surface area contributed by atoms with Crippen molar-refractivity contribution in [3.05, 3.63) is 52.5 Å². The van der Waals surface area contributed by atoms with E-state index in [0.29, 0.717) is 31.1 Å². The second-order valence-electron chi connectivity index (χ2n) is 9.02. The van der Waals surface area contributed by atoms with E-state index in [9.17, 15) is 9.59 Å². The lowest BCUT2D eigenvalue weighted by Crippen LogP contribution is -2.49. The summed E-state index contributed by atoms with van der Waals surface area (Å²) in [6, 6.07) is 4.16. The summed E-state index contributed by atoms with van der Waals surface area (Å²) in [7, 11) is 0. The van der Waals surface area contributed by atoms with E-state index in [0.717, 1.165) is 36.6 Å². The number of nitrogens with one attached hydrogen (secondary N) is 1. The standard InChI is InChI=1S/C24H29N5O2/c1-15-11-19(14-26-21(15)20-5-6-25-23(20)30)24(31)29-9-7-28(8-10-29)22-16(2)12-18(13-27-22)17-3-4-17/h11-14,17,20H,3-10H2,1-2H3,(H,25,30). The van der Waals surface area contributed by atoms with Crippen molar-refractivity contribution in [3.63, 3.8) is 0 Å². The molecule has 7 heteroatoms. The lowest BCUT2D eigenvalue weighted by Gasteiger charge is -2.36. The zero-order valence-corrected chi connectivity index (χ0v) is 18.2. The summed E-state index contributed by atoms with van der Waals surface area (Å²) >= 11 is 0. The first kappa shape index (κ1) is 20.0. The van der Waals surface area contributed by atoms with Gasteiger partial charge in [0.2, 0.25) is 5.91 Å². The average Bonchev–Trinajstić information content (AvgIpc) is 3.55. The maximum absolute atomic E-state index is 13.1. The van der Waals surface area contributed by atoms with Crippen molar-refractivity contribution < 1.29 is 9.59 Å². The van der Waals surface area contributed by atoms with Gasteiger partial charge in [0.15, 0.2) is 0 Å². The van der Waals surface area contributed by atoms with Crippen LogP contribution in [0.1, 0.15) is 63.8 Å². The molecule has 1 aliphatic carbocycles. The van der Waals surface area contributed by atoms with Crippen molar-refractivity contribution in [2.75, 3.05) is 37.6 Å². The van der Waals surface area contributed by atoms with Crippen LogP contribution in [0.15, 0.2) is 24.5 Å². The van der Waals surface area contributed by atoms with Crippen LogP contribution in [0.5, 0.6) is 0 Å². The molecule has 1 N–H and O–H groups in total. The molecule has 3 fully saturated rings. The number of aryl methyl sites for hydroxylation is 2. The molecular weight excluding hydrogens is 390 g/mol. The average molecular weight is 420 g/mol. The Morgan fingerprint density at radius 2 is 1.77 bits per heavy atom. The van der Waals surface area contributed by atoms with Crippen molar-refractivity contribution in [2.45, 2.75) is 44.9 Å². The minimum Gasteiger partial charge on any atom is -0.355 e. The van der Waals surface area contributed by atoms with Gasteiger partial charge >= 0.3 is 0 Å². The smallest absolute Gasteiger partial charge is 0.255 e. The molecule has 4 heterocycles. The molecule has 3 aliphatic rings. The topological polar surface area (TPSA) is 78.4 Å². The molecule has 162 valence electrons. The fraction of sp³-hybridized carbons (Fsp3) is 0.500. The number of hydrogen-bond acceptors (Lipinski definition) is 5. The predicted molar refractivity (Wildman–Crippen MR) is 118 cm³/mol. The third-order valence-electron chi connectivity index (χ3n) is 6.73. The van der Waals surface area contributed by atoms with Crippen LogP contribution in [0, 0.1) is 13.8 Å². The number of piperazine rings is 1. The Bertz CT molecular complexity index is 1020. The normalized spacial score (nSPS) is 21.4. The lowest BCUT2D eigenvalue weighted by atomic mass is 9.98. The number of carbonyl (C=O) groups is 2. The van der Waals surface area contributed by atoms with Crippen LogP contribution in [-0.2, 0) is 4.79 Å². The summed E-state index contributed by atoms with van der Waals surface area (Å²) < 4.78 is 0. The summed E-state index contributed by atoms with van der Waals surface area (Å²) in [5, 5.41) is 2.85. The zero-order valence-electron chi connectivity index (χ0n) is 18.2. The van der Waals surface area contributed by atoms with Crippen LogP contribution in [0.2, 0.25) is 0 Å². The molecule has 0 radical (unpaired) electrons. The van der Waals surface area contributed by atoms with Gasteiger partial charge in [-0.3, -0.25) is 14.6 Å². The van der Waals surface area contributed by atoms with Crippen molar-refractivity contribution in [3.8, 4) is 0 Å². The van der Waals surface area contributed by atoms with Gasteiger partial charge in [-0.15, -0.1) is 0 Å². The maximum atomic E-state index is 13.1. The number of aromatic nitrogens is 2. The number of nitrogens with zero attached hydrogens (tertiary/aromatic N) is 4. The molecule has 2 aliphatic heterocycles. The van der Waals surface area contributed by atoms with Gasteiger partial charge < -0.3 is 15.1 Å². The van der Waals surface area contributed by atoms with Crippen LogP contribution in [0.3, 0.4) is 0 Å². The third-order valence-corrected chi connectivity index (χ3v) is 6.73.